The summed E-state index contributed by atoms with van der Waals surface area (Å²) in [7, 11) is 1.20. The van der Waals surface area contributed by atoms with Gasteiger partial charge < -0.3 is 13.9 Å². The summed E-state index contributed by atoms with van der Waals surface area (Å²) in [6, 6.07) is 15.1. The number of para-hydroxylation sites is 2. The van der Waals surface area contributed by atoms with Crippen LogP contribution in [-0.4, -0.2) is 31.4 Å². The molecule has 0 saturated carbocycles. The van der Waals surface area contributed by atoms with Gasteiger partial charge in [-0.05, 0) is 23.8 Å². The maximum Gasteiger partial charge on any atom is 0.344 e. The standard InChI is InChI=1S/C23H15N3O6/c1-30-17(27)11-26-15-8-4-3-7-13(15)23(22(26)29)14(10-24)20(25)32-19-12-6-2-5-9-16(12)31-21(28)18(19)23/h2-9,14,25H,11H2,1H3. The van der Waals surface area contributed by atoms with Crippen LogP contribution in [0.5, 0.6) is 5.75 Å². The topological polar surface area (TPSA) is 134 Å². The zero-order valence-electron chi connectivity index (χ0n) is 16.7. The van der Waals surface area contributed by atoms with Crippen LogP contribution < -0.4 is 15.3 Å². The van der Waals surface area contributed by atoms with Crippen LogP contribution in [0.4, 0.5) is 5.69 Å². The number of esters is 1. The summed E-state index contributed by atoms with van der Waals surface area (Å²) in [6.45, 7) is -0.422. The largest absolute Gasteiger partial charge is 0.468 e. The van der Waals surface area contributed by atoms with Crippen molar-refractivity contribution in [3.63, 3.8) is 0 Å². The second-order valence-corrected chi connectivity index (χ2v) is 7.41. The van der Waals surface area contributed by atoms with Crippen LogP contribution in [-0.2, 0) is 19.7 Å². The molecular formula is C23H15N3O6. The molecule has 158 valence electrons. The first-order chi connectivity index (χ1) is 15.4. The second kappa shape index (κ2) is 6.78. The number of ether oxygens (including phenoxy) is 2. The van der Waals surface area contributed by atoms with E-state index >= 15 is 0 Å². The summed E-state index contributed by atoms with van der Waals surface area (Å²) in [5.74, 6) is -3.30. The SMILES string of the molecule is COC(=O)CN1C(=O)C2(c3ccccc31)c1c(c3ccccc3oc1=O)OC(=N)C2C#N. The number of carbonyl (C=O) groups is 2. The van der Waals surface area contributed by atoms with E-state index in [0.29, 0.717) is 16.6 Å². The molecule has 5 rings (SSSR count). The van der Waals surface area contributed by atoms with Crippen LogP contribution in [0.1, 0.15) is 11.1 Å². The molecule has 0 bridgehead atoms. The van der Waals surface area contributed by atoms with Crippen LogP contribution in [0.15, 0.2) is 57.7 Å². The average Bonchev–Trinajstić information content (AvgIpc) is 3.02. The summed E-state index contributed by atoms with van der Waals surface area (Å²) < 4.78 is 15.9. The predicted molar refractivity (Wildman–Crippen MR) is 112 cm³/mol. The Labute approximate surface area is 180 Å². The number of anilines is 1. The molecule has 9 nitrogen and oxygen atoms in total. The van der Waals surface area contributed by atoms with Crippen LogP contribution in [0, 0.1) is 22.7 Å². The Morgan fingerprint density at radius 1 is 1.22 bits per heavy atom. The van der Waals surface area contributed by atoms with Crippen LogP contribution >= 0.6 is 0 Å². The first kappa shape index (κ1) is 19.5. The molecule has 0 saturated heterocycles. The summed E-state index contributed by atoms with van der Waals surface area (Å²) in [5, 5.41) is 18.8. The van der Waals surface area contributed by atoms with E-state index in [0.717, 1.165) is 0 Å². The molecule has 1 aromatic heterocycles. The van der Waals surface area contributed by atoms with E-state index in [2.05, 4.69) is 0 Å². The zero-order valence-corrected chi connectivity index (χ0v) is 16.7. The number of fused-ring (bicyclic) bond motifs is 6. The third-order valence-corrected chi connectivity index (χ3v) is 5.91. The number of nitrogens with zero attached hydrogens (tertiary/aromatic N) is 2. The molecule has 2 aromatic carbocycles. The van der Waals surface area contributed by atoms with Crippen molar-refractivity contribution in [3.05, 3.63) is 70.1 Å². The lowest BCUT2D eigenvalue weighted by atomic mass is 9.65. The number of nitriles is 1. The molecule has 1 amide bonds. The van der Waals surface area contributed by atoms with Crippen molar-refractivity contribution in [3.8, 4) is 11.8 Å². The molecule has 3 aromatic rings. The van der Waals surface area contributed by atoms with Gasteiger partial charge in [-0.25, -0.2) is 4.79 Å². The van der Waals surface area contributed by atoms with Crippen molar-refractivity contribution in [2.75, 3.05) is 18.6 Å². The van der Waals surface area contributed by atoms with Crippen LogP contribution in [0.2, 0.25) is 0 Å². The first-order valence-corrected chi connectivity index (χ1v) is 9.65. The highest BCUT2D eigenvalue weighted by molar-refractivity contribution is 6.17. The number of hydrogen-bond acceptors (Lipinski definition) is 8. The van der Waals surface area contributed by atoms with Gasteiger partial charge in [-0.15, -0.1) is 0 Å². The van der Waals surface area contributed by atoms with E-state index in [1.54, 1.807) is 48.5 Å². The molecule has 0 aliphatic carbocycles. The lowest BCUT2D eigenvalue weighted by Gasteiger charge is -2.37. The molecule has 9 heteroatoms. The normalized spacial score (nSPS) is 21.1. The fourth-order valence-corrected chi connectivity index (χ4v) is 4.58. The Hall–Kier alpha value is -4.45. The van der Waals surface area contributed by atoms with E-state index < -0.39 is 41.3 Å². The van der Waals surface area contributed by atoms with Gasteiger partial charge in [-0.1, -0.05) is 30.3 Å². The lowest BCUT2D eigenvalue weighted by Crippen LogP contribution is -2.55. The molecule has 2 unspecified atom stereocenters. The monoisotopic (exact) mass is 429 g/mol. The molecule has 2 aliphatic rings. The highest BCUT2D eigenvalue weighted by Crippen LogP contribution is 2.55. The molecule has 0 fully saturated rings. The quantitative estimate of drug-likeness (QED) is 0.487. The third kappa shape index (κ3) is 2.32. The number of amides is 1. The van der Waals surface area contributed by atoms with E-state index in [4.69, 9.17) is 19.3 Å². The maximum absolute atomic E-state index is 14.0. The molecular weight excluding hydrogens is 414 g/mol. The zero-order chi connectivity index (χ0) is 22.6. The highest BCUT2D eigenvalue weighted by atomic mass is 16.5. The van der Waals surface area contributed by atoms with E-state index in [1.165, 1.54) is 12.0 Å². The summed E-state index contributed by atoms with van der Waals surface area (Å²) >= 11 is 0. The molecule has 0 radical (unpaired) electrons. The smallest absolute Gasteiger partial charge is 0.344 e. The van der Waals surface area contributed by atoms with Crippen LogP contribution in [0.25, 0.3) is 11.0 Å². The van der Waals surface area contributed by atoms with Gasteiger partial charge in [-0.2, -0.15) is 5.26 Å². The number of nitrogens with one attached hydrogen (secondary N) is 1. The van der Waals surface area contributed by atoms with Gasteiger partial charge in [0, 0.05) is 5.69 Å². The number of methoxy groups -OCH3 is 1. The summed E-state index contributed by atoms with van der Waals surface area (Å²) in [6.07, 6.45) is 0. The Balaban J connectivity index is 1.92. The fourth-order valence-electron chi connectivity index (χ4n) is 4.58. The molecule has 32 heavy (non-hydrogen) atoms. The minimum absolute atomic E-state index is 0.00331. The average molecular weight is 429 g/mol. The molecule has 2 aliphatic heterocycles. The van der Waals surface area contributed by atoms with Crippen molar-refractivity contribution in [2.24, 2.45) is 5.92 Å². The van der Waals surface area contributed by atoms with Crippen molar-refractivity contribution >= 4 is 34.4 Å². The van der Waals surface area contributed by atoms with Gasteiger partial charge >= 0.3 is 11.6 Å². The summed E-state index contributed by atoms with van der Waals surface area (Å²) in [4.78, 5) is 40.5. The highest BCUT2D eigenvalue weighted by Gasteiger charge is 2.64. The minimum atomic E-state index is -1.91. The van der Waals surface area contributed by atoms with E-state index in [1.807, 2.05) is 6.07 Å². The van der Waals surface area contributed by atoms with Crippen molar-refractivity contribution in [1.82, 2.24) is 0 Å². The fraction of sp³-hybridized carbons (Fsp3) is 0.174. The van der Waals surface area contributed by atoms with Gasteiger partial charge in [0.05, 0.1) is 18.6 Å². The Morgan fingerprint density at radius 3 is 2.69 bits per heavy atom. The third-order valence-electron chi connectivity index (χ3n) is 5.91. The van der Waals surface area contributed by atoms with Crippen molar-refractivity contribution in [1.29, 1.82) is 10.7 Å². The van der Waals surface area contributed by atoms with E-state index in [9.17, 15) is 19.6 Å². The minimum Gasteiger partial charge on any atom is -0.468 e. The summed E-state index contributed by atoms with van der Waals surface area (Å²) in [5.41, 5.74) is -2.04. The Kier molecular flexibility index (Phi) is 4.14. The number of rotatable bonds is 2. The molecule has 3 heterocycles. The van der Waals surface area contributed by atoms with Gasteiger partial charge in [0.2, 0.25) is 11.8 Å². The lowest BCUT2D eigenvalue weighted by molar-refractivity contribution is -0.140. The van der Waals surface area contributed by atoms with Gasteiger partial charge in [0.15, 0.2) is 5.75 Å². The molecule has 2 atom stereocenters. The van der Waals surface area contributed by atoms with Crippen molar-refractivity contribution in [2.45, 2.75) is 5.41 Å². The second-order valence-electron chi connectivity index (χ2n) is 7.41. The van der Waals surface area contributed by atoms with Gasteiger partial charge in [-0.3, -0.25) is 19.9 Å². The van der Waals surface area contributed by atoms with E-state index in [-0.39, 0.29) is 16.9 Å². The van der Waals surface area contributed by atoms with Crippen LogP contribution in [0.3, 0.4) is 0 Å². The van der Waals surface area contributed by atoms with Gasteiger partial charge in [0.1, 0.15) is 29.0 Å². The molecule has 1 N–H and O–H groups in total. The Bertz CT molecular complexity index is 1440. The molecule has 1 spiro atoms. The maximum atomic E-state index is 14.0. The first-order valence-electron chi connectivity index (χ1n) is 9.65. The Morgan fingerprint density at radius 2 is 1.94 bits per heavy atom. The number of benzene rings is 2. The predicted octanol–water partition coefficient (Wildman–Crippen LogP) is 2.11. The van der Waals surface area contributed by atoms with Gasteiger partial charge in [0.25, 0.3) is 0 Å². The number of hydrogen-bond donors (Lipinski definition) is 1. The number of carbonyl (C=O) groups excluding carboxylic acids is 2. The van der Waals surface area contributed by atoms with Crippen molar-refractivity contribution < 1.29 is 23.5 Å².